The smallest absolute Gasteiger partial charge is 0.175 e. The predicted octanol–water partition coefficient (Wildman–Crippen LogP) is 2.53. The van der Waals surface area contributed by atoms with Crippen molar-refractivity contribution in [1.29, 1.82) is 0 Å². The second-order valence-electron chi connectivity index (χ2n) is 5.10. The first kappa shape index (κ1) is 13.1. The Morgan fingerprint density at radius 2 is 2.30 bits per heavy atom. The number of pyridine rings is 1. The van der Waals surface area contributed by atoms with Crippen molar-refractivity contribution >= 4 is 16.7 Å². The molecule has 1 aliphatic heterocycles. The Hall–Kier alpha value is -1.94. The molecule has 20 heavy (non-hydrogen) atoms. The van der Waals surface area contributed by atoms with Crippen LogP contribution >= 0.6 is 0 Å². The lowest BCUT2D eigenvalue weighted by molar-refractivity contribution is -0.124. The maximum Gasteiger partial charge on any atom is 0.175 e. The highest BCUT2D eigenvalue weighted by Crippen LogP contribution is 2.24. The molecule has 3 rings (SSSR count). The summed E-state index contributed by atoms with van der Waals surface area (Å²) in [7, 11) is 0. The molecular formula is C16H17NO3. The molecule has 1 fully saturated rings. The van der Waals surface area contributed by atoms with Crippen LogP contribution in [0.3, 0.4) is 0 Å². The Kier molecular flexibility index (Phi) is 3.65. The van der Waals surface area contributed by atoms with Crippen LogP contribution in [-0.4, -0.2) is 30.6 Å². The van der Waals surface area contributed by atoms with Gasteiger partial charge in [-0.25, -0.2) is 4.98 Å². The first-order valence-corrected chi connectivity index (χ1v) is 6.83. The molecule has 0 saturated carbocycles. The van der Waals surface area contributed by atoms with Crippen molar-refractivity contribution in [2.45, 2.75) is 13.3 Å². The minimum Gasteiger partial charge on any atom is -0.484 e. The minimum absolute atomic E-state index is 0.0142. The second-order valence-corrected chi connectivity index (χ2v) is 5.10. The number of aryl methyl sites for hydroxylation is 1. The lowest BCUT2D eigenvalue weighted by Crippen LogP contribution is -2.21. The highest BCUT2D eigenvalue weighted by molar-refractivity contribution is 5.86. The summed E-state index contributed by atoms with van der Waals surface area (Å²) in [6, 6.07) is 9.73. The van der Waals surface area contributed by atoms with Crippen LogP contribution in [0.5, 0.6) is 5.75 Å². The Morgan fingerprint density at radius 1 is 1.40 bits per heavy atom. The van der Waals surface area contributed by atoms with E-state index in [-0.39, 0.29) is 18.3 Å². The van der Waals surface area contributed by atoms with Gasteiger partial charge in [0.2, 0.25) is 0 Å². The van der Waals surface area contributed by atoms with E-state index in [1.54, 1.807) is 0 Å². The van der Waals surface area contributed by atoms with Gasteiger partial charge >= 0.3 is 0 Å². The topological polar surface area (TPSA) is 48.4 Å². The van der Waals surface area contributed by atoms with Gasteiger partial charge in [0.1, 0.15) is 17.9 Å². The van der Waals surface area contributed by atoms with E-state index in [0.29, 0.717) is 19.0 Å². The largest absolute Gasteiger partial charge is 0.484 e. The summed E-state index contributed by atoms with van der Waals surface area (Å²) in [5.74, 6) is 0.755. The molecule has 0 amide bonds. The van der Waals surface area contributed by atoms with E-state index in [9.17, 15) is 4.79 Å². The molecule has 1 aromatic carbocycles. The van der Waals surface area contributed by atoms with Crippen molar-refractivity contribution in [2.75, 3.05) is 19.8 Å². The number of hydrogen-bond acceptors (Lipinski definition) is 4. The average Bonchev–Trinajstić information content (AvgIpc) is 2.99. The number of fused-ring (bicyclic) bond motifs is 1. The van der Waals surface area contributed by atoms with Gasteiger partial charge in [-0.3, -0.25) is 4.79 Å². The van der Waals surface area contributed by atoms with Crippen molar-refractivity contribution in [3.8, 4) is 5.75 Å². The van der Waals surface area contributed by atoms with Crippen LogP contribution in [0.2, 0.25) is 0 Å². The van der Waals surface area contributed by atoms with Crippen molar-refractivity contribution in [1.82, 2.24) is 4.98 Å². The maximum absolute atomic E-state index is 12.0. The van der Waals surface area contributed by atoms with Crippen LogP contribution in [0.1, 0.15) is 12.1 Å². The number of ketones is 1. The maximum atomic E-state index is 12.0. The molecule has 2 heterocycles. The number of carbonyl (C=O) groups excluding carboxylic acids is 1. The molecule has 1 unspecified atom stereocenters. The normalized spacial score (nSPS) is 18.4. The average molecular weight is 271 g/mol. The zero-order chi connectivity index (χ0) is 13.9. The van der Waals surface area contributed by atoms with Crippen LogP contribution in [-0.2, 0) is 9.53 Å². The van der Waals surface area contributed by atoms with Gasteiger partial charge in [-0.1, -0.05) is 18.2 Å². The summed E-state index contributed by atoms with van der Waals surface area (Å²) in [6.07, 6.45) is 0.801. The fraction of sp³-hybridized carbons (Fsp3) is 0.375. The molecule has 1 aromatic heterocycles. The first-order chi connectivity index (χ1) is 9.74. The van der Waals surface area contributed by atoms with Crippen LogP contribution < -0.4 is 4.74 Å². The number of ether oxygens (including phenoxy) is 2. The monoisotopic (exact) mass is 271 g/mol. The van der Waals surface area contributed by atoms with Gasteiger partial charge in [0.25, 0.3) is 0 Å². The number of rotatable bonds is 4. The number of Topliss-reactive ketones (excluding diaryl/α,β-unsaturated/α-hetero) is 1. The molecular weight excluding hydrogens is 254 g/mol. The van der Waals surface area contributed by atoms with E-state index in [1.165, 1.54) is 0 Å². The number of para-hydroxylation sites is 1. The lowest BCUT2D eigenvalue weighted by atomic mass is 10.0. The SMILES string of the molecule is Cc1ccc2cccc(OCC(=O)C3CCOC3)c2n1. The standard InChI is InChI=1S/C16H17NO3/c1-11-5-6-12-3-2-4-15(16(12)17-11)20-10-14(18)13-7-8-19-9-13/h2-6,13H,7-10H2,1H3. The molecule has 1 atom stereocenters. The van der Waals surface area contributed by atoms with Crippen LogP contribution in [0.4, 0.5) is 0 Å². The van der Waals surface area contributed by atoms with E-state index in [0.717, 1.165) is 23.0 Å². The quantitative estimate of drug-likeness (QED) is 0.857. The summed E-state index contributed by atoms with van der Waals surface area (Å²) in [6.45, 7) is 3.22. The van der Waals surface area contributed by atoms with Gasteiger partial charge in [0.05, 0.1) is 6.61 Å². The fourth-order valence-corrected chi connectivity index (χ4v) is 2.39. The Bertz CT molecular complexity index is 633. The molecule has 1 saturated heterocycles. The summed E-state index contributed by atoms with van der Waals surface area (Å²) >= 11 is 0. The van der Waals surface area contributed by atoms with E-state index in [2.05, 4.69) is 4.98 Å². The van der Waals surface area contributed by atoms with Crippen molar-refractivity contribution in [2.24, 2.45) is 5.92 Å². The van der Waals surface area contributed by atoms with Gasteiger partial charge in [-0.05, 0) is 25.5 Å². The Balaban J connectivity index is 1.77. The third-order valence-corrected chi connectivity index (χ3v) is 3.58. The molecule has 0 radical (unpaired) electrons. The van der Waals surface area contributed by atoms with Crippen LogP contribution in [0.25, 0.3) is 10.9 Å². The number of carbonyl (C=O) groups is 1. The molecule has 1 aliphatic rings. The summed E-state index contributed by atoms with van der Waals surface area (Å²) < 4.78 is 10.9. The summed E-state index contributed by atoms with van der Waals surface area (Å²) in [4.78, 5) is 16.5. The number of hydrogen-bond donors (Lipinski definition) is 0. The van der Waals surface area contributed by atoms with Crippen LogP contribution in [0, 0.1) is 12.8 Å². The van der Waals surface area contributed by atoms with E-state index < -0.39 is 0 Å². The zero-order valence-electron chi connectivity index (χ0n) is 11.5. The minimum atomic E-state index is -0.0142. The molecule has 104 valence electrons. The highest BCUT2D eigenvalue weighted by Gasteiger charge is 2.23. The van der Waals surface area contributed by atoms with E-state index in [1.807, 2.05) is 37.3 Å². The van der Waals surface area contributed by atoms with Gasteiger partial charge in [-0.15, -0.1) is 0 Å². The van der Waals surface area contributed by atoms with Crippen molar-refractivity contribution < 1.29 is 14.3 Å². The molecule has 2 aromatic rings. The van der Waals surface area contributed by atoms with Crippen molar-refractivity contribution in [3.63, 3.8) is 0 Å². The van der Waals surface area contributed by atoms with Crippen LogP contribution in [0.15, 0.2) is 30.3 Å². The fourth-order valence-electron chi connectivity index (χ4n) is 2.39. The Morgan fingerprint density at radius 3 is 3.10 bits per heavy atom. The summed E-state index contributed by atoms with van der Waals surface area (Å²) in [5, 5.41) is 1.02. The van der Waals surface area contributed by atoms with Gasteiger partial charge in [0.15, 0.2) is 5.78 Å². The van der Waals surface area contributed by atoms with Gasteiger partial charge in [-0.2, -0.15) is 0 Å². The van der Waals surface area contributed by atoms with Gasteiger partial charge < -0.3 is 9.47 Å². The number of aromatic nitrogens is 1. The second kappa shape index (κ2) is 5.59. The highest BCUT2D eigenvalue weighted by atomic mass is 16.5. The third kappa shape index (κ3) is 2.65. The third-order valence-electron chi connectivity index (χ3n) is 3.58. The number of nitrogens with zero attached hydrogens (tertiary/aromatic N) is 1. The molecule has 0 spiro atoms. The molecule has 4 nitrogen and oxygen atoms in total. The molecule has 0 bridgehead atoms. The Labute approximate surface area is 117 Å². The molecule has 0 aliphatic carbocycles. The van der Waals surface area contributed by atoms with E-state index >= 15 is 0 Å². The first-order valence-electron chi connectivity index (χ1n) is 6.83. The molecule has 0 N–H and O–H groups in total. The van der Waals surface area contributed by atoms with Crippen molar-refractivity contribution in [3.05, 3.63) is 36.0 Å². The van der Waals surface area contributed by atoms with Gasteiger partial charge in [0, 0.05) is 23.6 Å². The molecule has 4 heteroatoms. The number of benzene rings is 1. The predicted molar refractivity (Wildman–Crippen MR) is 75.9 cm³/mol. The van der Waals surface area contributed by atoms with E-state index in [4.69, 9.17) is 9.47 Å². The summed E-state index contributed by atoms with van der Waals surface area (Å²) in [5.41, 5.74) is 1.74. The zero-order valence-corrected chi connectivity index (χ0v) is 11.5. The lowest BCUT2D eigenvalue weighted by Gasteiger charge is -2.10.